The first-order valence-electron chi connectivity index (χ1n) is 5.32. The topological polar surface area (TPSA) is 37.4 Å². The maximum atomic E-state index is 11.8. The van der Waals surface area contributed by atoms with Crippen LogP contribution in [0.25, 0.3) is 0 Å². The molecule has 2 fully saturated rings. The summed E-state index contributed by atoms with van der Waals surface area (Å²) in [5, 5.41) is 0. The Labute approximate surface area is 94.1 Å². The molecule has 1 aliphatic heterocycles. The number of carbonyl (C=O) groups excluding carboxylic acids is 2. The van der Waals surface area contributed by atoms with E-state index in [1.165, 1.54) is 4.90 Å². The summed E-state index contributed by atoms with van der Waals surface area (Å²) in [7, 11) is 0. The van der Waals surface area contributed by atoms with E-state index in [9.17, 15) is 9.59 Å². The molecule has 1 heterocycles. The van der Waals surface area contributed by atoms with Gasteiger partial charge in [-0.15, -0.1) is 11.6 Å². The van der Waals surface area contributed by atoms with Crippen molar-refractivity contribution < 1.29 is 9.59 Å². The quantitative estimate of drug-likeness (QED) is 0.417. The zero-order chi connectivity index (χ0) is 10.8. The van der Waals surface area contributed by atoms with E-state index in [1.54, 1.807) is 12.2 Å². The van der Waals surface area contributed by atoms with Crippen LogP contribution in [-0.4, -0.2) is 29.1 Å². The number of carbonyl (C=O) groups is 2. The fourth-order valence-electron chi connectivity index (χ4n) is 2.48. The average molecular weight is 228 g/mol. The van der Waals surface area contributed by atoms with Gasteiger partial charge < -0.3 is 0 Å². The number of allylic oxidation sites excluding steroid dienone is 1. The minimum atomic E-state index is -0.0260. The first-order chi connectivity index (χ1) is 7.25. The van der Waals surface area contributed by atoms with E-state index in [0.717, 1.165) is 19.3 Å². The van der Waals surface area contributed by atoms with Crippen LogP contribution < -0.4 is 0 Å². The largest absolute Gasteiger partial charge is 0.278 e. The molecule has 4 heteroatoms. The summed E-state index contributed by atoms with van der Waals surface area (Å²) in [5.74, 6) is 0.399. The fraction of sp³-hybridized carbons (Fsp3) is 0.636. The molecule has 0 spiro atoms. The van der Waals surface area contributed by atoms with E-state index in [2.05, 4.69) is 0 Å². The van der Waals surface area contributed by atoms with Gasteiger partial charge in [-0.05, 0) is 12.8 Å². The normalized spacial score (nSPS) is 30.6. The van der Waals surface area contributed by atoms with Crippen molar-refractivity contribution in [3.8, 4) is 0 Å². The van der Waals surface area contributed by atoms with Crippen LogP contribution in [0, 0.1) is 11.8 Å². The third kappa shape index (κ3) is 1.81. The molecule has 2 amide bonds. The lowest BCUT2D eigenvalue weighted by Crippen LogP contribution is -2.31. The molecule has 2 rings (SSSR count). The Balaban J connectivity index is 2.04. The van der Waals surface area contributed by atoms with E-state index in [4.69, 9.17) is 11.6 Å². The minimum absolute atomic E-state index is 0.0155. The zero-order valence-corrected chi connectivity index (χ0v) is 9.24. The highest BCUT2D eigenvalue weighted by Gasteiger charge is 2.48. The number of fused-ring (bicyclic) bond motifs is 1. The van der Waals surface area contributed by atoms with Gasteiger partial charge in [-0.1, -0.05) is 18.6 Å². The van der Waals surface area contributed by atoms with Gasteiger partial charge in [0.25, 0.3) is 0 Å². The Hall–Kier alpha value is -0.830. The lowest BCUT2D eigenvalue weighted by molar-refractivity contribution is -0.139. The van der Waals surface area contributed by atoms with Gasteiger partial charge in [0.1, 0.15) is 0 Å². The van der Waals surface area contributed by atoms with Crippen molar-refractivity contribution in [1.82, 2.24) is 4.90 Å². The number of halogens is 1. The smallest absolute Gasteiger partial charge is 0.233 e. The number of likely N-dealkylation sites (tertiary alicyclic amines) is 1. The fourth-order valence-corrected chi connectivity index (χ4v) is 2.61. The molecule has 0 radical (unpaired) electrons. The molecule has 0 aromatic carbocycles. The van der Waals surface area contributed by atoms with Crippen molar-refractivity contribution in [3.63, 3.8) is 0 Å². The highest BCUT2D eigenvalue weighted by Crippen LogP contribution is 2.39. The lowest BCUT2D eigenvalue weighted by Gasteiger charge is -2.12. The summed E-state index contributed by atoms with van der Waals surface area (Å²) in [5.41, 5.74) is 0. The summed E-state index contributed by atoms with van der Waals surface area (Å²) >= 11 is 5.48. The van der Waals surface area contributed by atoms with Crippen molar-refractivity contribution in [3.05, 3.63) is 12.2 Å². The maximum Gasteiger partial charge on any atom is 0.233 e. The van der Waals surface area contributed by atoms with Gasteiger partial charge in [0, 0.05) is 12.4 Å². The second kappa shape index (κ2) is 4.35. The average Bonchev–Trinajstić information content (AvgIpc) is 2.77. The molecule has 1 saturated heterocycles. The van der Waals surface area contributed by atoms with Gasteiger partial charge in [0.2, 0.25) is 11.8 Å². The molecule has 2 aliphatic rings. The number of alkyl halides is 1. The van der Waals surface area contributed by atoms with Crippen LogP contribution in [0.2, 0.25) is 0 Å². The van der Waals surface area contributed by atoms with Crippen LogP contribution in [0.4, 0.5) is 0 Å². The number of rotatable bonds is 3. The number of hydrogen-bond donors (Lipinski definition) is 0. The molecule has 0 N–H and O–H groups in total. The van der Waals surface area contributed by atoms with Crippen molar-refractivity contribution in [2.75, 3.05) is 12.4 Å². The molecule has 3 nitrogen and oxygen atoms in total. The number of imide groups is 1. The Morgan fingerprint density at radius 3 is 2.33 bits per heavy atom. The summed E-state index contributed by atoms with van der Waals surface area (Å²) in [6.45, 7) is 0.386. The Morgan fingerprint density at radius 2 is 1.80 bits per heavy atom. The van der Waals surface area contributed by atoms with Crippen LogP contribution in [0.1, 0.15) is 19.3 Å². The summed E-state index contributed by atoms with van der Waals surface area (Å²) in [6.07, 6.45) is 6.31. The summed E-state index contributed by atoms with van der Waals surface area (Å²) in [6, 6.07) is 0. The molecule has 2 unspecified atom stereocenters. The van der Waals surface area contributed by atoms with Crippen molar-refractivity contribution in [1.29, 1.82) is 0 Å². The molecule has 0 aromatic heterocycles. The molecule has 1 saturated carbocycles. The lowest BCUT2D eigenvalue weighted by atomic mass is 10.00. The highest BCUT2D eigenvalue weighted by atomic mass is 35.5. The van der Waals surface area contributed by atoms with E-state index in [-0.39, 0.29) is 23.7 Å². The monoisotopic (exact) mass is 227 g/mol. The number of nitrogens with zero attached hydrogens (tertiary/aromatic N) is 1. The van der Waals surface area contributed by atoms with Gasteiger partial charge in [-0.3, -0.25) is 14.5 Å². The molecule has 0 aromatic rings. The van der Waals surface area contributed by atoms with Crippen LogP contribution >= 0.6 is 11.6 Å². The third-order valence-corrected chi connectivity index (χ3v) is 3.40. The van der Waals surface area contributed by atoms with E-state index >= 15 is 0 Å². The Morgan fingerprint density at radius 1 is 1.20 bits per heavy atom. The van der Waals surface area contributed by atoms with Gasteiger partial charge in [0.15, 0.2) is 0 Å². The summed E-state index contributed by atoms with van der Waals surface area (Å²) < 4.78 is 0. The molecule has 2 atom stereocenters. The second-order valence-corrected chi connectivity index (χ2v) is 4.37. The predicted octanol–water partition coefficient (Wildman–Crippen LogP) is 1.57. The van der Waals surface area contributed by atoms with E-state index < -0.39 is 0 Å². The van der Waals surface area contributed by atoms with Gasteiger partial charge in [-0.25, -0.2) is 0 Å². The van der Waals surface area contributed by atoms with Crippen LogP contribution in [0.15, 0.2) is 12.2 Å². The second-order valence-electron chi connectivity index (χ2n) is 4.06. The van der Waals surface area contributed by atoms with Gasteiger partial charge in [-0.2, -0.15) is 0 Å². The standard InChI is InChI=1S/C11H14ClNO2/c12-6-1-2-7-13-10(14)8-4-3-5-9(8)11(13)15/h1-2,8-9H,3-7H2/b2-1+. The number of hydrogen-bond acceptors (Lipinski definition) is 2. The van der Waals surface area contributed by atoms with E-state index in [1.807, 2.05) is 0 Å². The van der Waals surface area contributed by atoms with E-state index in [0.29, 0.717) is 12.4 Å². The minimum Gasteiger partial charge on any atom is -0.278 e. The van der Waals surface area contributed by atoms with Crippen molar-refractivity contribution in [2.24, 2.45) is 11.8 Å². The Bertz CT molecular complexity index is 292. The first-order valence-corrected chi connectivity index (χ1v) is 5.85. The molecule has 15 heavy (non-hydrogen) atoms. The number of amides is 2. The Kier molecular flexibility index (Phi) is 3.10. The van der Waals surface area contributed by atoms with Crippen LogP contribution in [0.5, 0.6) is 0 Å². The van der Waals surface area contributed by atoms with Crippen molar-refractivity contribution in [2.45, 2.75) is 19.3 Å². The molecule has 82 valence electrons. The van der Waals surface area contributed by atoms with Crippen LogP contribution in [-0.2, 0) is 9.59 Å². The zero-order valence-electron chi connectivity index (χ0n) is 8.49. The summed E-state index contributed by atoms with van der Waals surface area (Å²) in [4.78, 5) is 25.0. The molecule has 1 aliphatic carbocycles. The molecular weight excluding hydrogens is 214 g/mol. The third-order valence-electron chi connectivity index (χ3n) is 3.23. The first kappa shape index (κ1) is 10.7. The molecule has 0 bridgehead atoms. The molecular formula is C11H14ClNO2. The van der Waals surface area contributed by atoms with Gasteiger partial charge in [0.05, 0.1) is 11.8 Å². The van der Waals surface area contributed by atoms with Gasteiger partial charge >= 0.3 is 0 Å². The van der Waals surface area contributed by atoms with Crippen molar-refractivity contribution >= 4 is 23.4 Å². The predicted molar refractivity (Wildman–Crippen MR) is 57.4 cm³/mol. The SMILES string of the molecule is O=C1C2CCCC2C(=O)N1C/C=C/CCl. The van der Waals surface area contributed by atoms with Crippen LogP contribution in [0.3, 0.4) is 0 Å². The maximum absolute atomic E-state index is 11.8. The highest BCUT2D eigenvalue weighted by molar-refractivity contribution is 6.18.